The molecule has 0 saturated heterocycles. The molecule has 1 fully saturated rings. The number of hydrogen-bond acceptors (Lipinski definition) is 3. The van der Waals surface area contributed by atoms with Crippen LogP contribution in [-0.2, 0) is 6.54 Å². The molecule has 0 bridgehead atoms. The highest BCUT2D eigenvalue weighted by Crippen LogP contribution is 2.25. The van der Waals surface area contributed by atoms with Crippen molar-refractivity contribution in [2.75, 3.05) is 6.54 Å². The van der Waals surface area contributed by atoms with Crippen molar-refractivity contribution in [2.45, 2.75) is 45.6 Å². The van der Waals surface area contributed by atoms with Gasteiger partial charge in [0.1, 0.15) is 5.52 Å². The Labute approximate surface area is 114 Å². The van der Waals surface area contributed by atoms with Gasteiger partial charge in [-0.3, -0.25) is 0 Å². The predicted octanol–water partition coefficient (Wildman–Crippen LogP) is 3.84. The van der Waals surface area contributed by atoms with Crippen LogP contribution < -0.4 is 5.32 Å². The van der Waals surface area contributed by atoms with Crippen molar-refractivity contribution in [3.8, 4) is 0 Å². The third-order valence-electron chi connectivity index (χ3n) is 3.95. The number of benzene rings is 1. The summed E-state index contributed by atoms with van der Waals surface area (Å²) in [4.78, 5) is 4.55. The van der Waals surface area contributed by atoms with Crippen LogP contribution in [0, 0.1) is 5.92 Å². The summed E-state index contributed by atoms with van der Waals surface area (Å²) in [6.45, 7) is 6.28. The lowest BCUT2D eigenvalue weighted by molar-refractivity contribution is 0.301. The van der Waals surface area contributed by atoms with Crippen LogP contribution in [0.15, 0.2) is 22.6 Å². The molecule has 3 nitrogen and oxygen atoms in total. The van der Waals surface area contributed by atoms with E-state index in [2.05, 4.69) is 36.3 Å². The van der Waals surface area contributed by atoms with E-state index in [1.54, 1.807) is 0 Å². The second-order valence-electron chi connectivity index (χ2n) is 5.94. The van der Waals surface area contributed by atoms with Crippen molar-refractivity contribution in [1.82, 2.24) is 10.3 Å². The molecule has 3 heteroatoms. The summed E-state index contributed by atoms with van der Waals surface area (Å²) < 4.78 is 5.72. The van der Waals surface area contributed by atoms with E-state index >= 15 is 0 Å². The minimum atomic E-state index is 0.340. The van der Waals surface area contributed by atoms with E-state index in [9.17, 15) is 0 Å². The first kappa shape index (κ1) is 12.7. The molecule has 1 aromatic carbocycles. The molecule has 0 spiro atoms. The average Bonchev–Trinajstić information content (AvgIpc) is 2.75. The Kier molecular flexibility index (Phi) is 3.56. The fourth-order valence-corrected chi connectivity index (χ4v) is 2.47. The van der Waals surface area contributed by atoms with E-state index in [1.807, 2.05) is 6.07 Å². The van der Waals surface area contributed by atoms with Gasteiger partial charge < -0.3 is 9.73 Å². The summed E-state index contributed by atoms with van der Waals surface area (Å²) in [7, 11) is 0. The highest BCUT2D eigenvalue weighted by molar-refractivity contribution is 5.73. The molecular weight excluding hydrogens is 236 g/mol. The number of oxazole rings is 1. The Morgan fingerprint density at radius 2 is 2.21 bits per heavy atom. The number of nitrogens with one attached hydrogen (secondary N) is 1. The Balaban J connectivity index is 1.66. The third kappa shape index (κ3) is 2.81. The van der Waals surface area contributed by atoms with E-state index in [1.165, 1.54) is 24.8 Å². The largest absolute Gasteiger partial charge is 0.440 e. The maximum Gasteiger partial charge on any atom is 0.198 e. The van der Waals surface area contributed by atoms with E-state index in [-0.39, 0.29) is 0 Å². The number of nitrogens with zero attached hydrogens (tertiary/aromatic N) is 1. The summed E-state index contributed by atoms with van der Waals surface area (Å²) in [5, 5.41) is 3.54. The molecule has 19 heavy (non-hydrogen) atoms. The lowest BCUT2D eigenvalue weighted by atomic mass is 9.85. The van der Waals surface area contributed by atoms with E-state index in [0.717, 1.165) is 36.0 Å². The van der Waals surface area contributed by atoms with E-state index in [4.69, 9.17) is 4.42 Å². The summed E-state index contributed by atoms with van der Waals surface area (Å²) in [6.07, 6.45) is 4.20. The zero-order chi connectivity index (χ0) is 13.2. The topological polar surface area (TPSA) is 38.1 Å². The van der Waals surface area contributed by atoms with Crippen LogP contribution >= 0.6 is 0 Å². The highest BCUT2D eigenvalue weighted by Gasteiger charge is 2.16. The molecule has 0 radical (unpaired) electrons. The van der Waals surface area contributed by atoms with E-state index in [0.29, 0.717) is 5.92 Å². The summed E-state index contributed by atoms with van der Waals surface area (Å²) in [6, 6.07) is 6.30. The minimum Gasteiger partial charge on any atom is -0.440 e. The van der Waals surface area contributed by atoms with Crippen molar-refractivity contribution in [3.63, 3.8) is 0 Å². The van der Waals surface area contributed by atoms with Gasteiger partial charge >= 0.3 is 0 Å². The molecule has 0 unspecified atom stereocenters. The summed E-state index contributed by atoms with van der Waals surface area (Å²) >= 11 is 0. The molecule has 0 aliphatic heterocycles. The van der Waals surface area contributed by atoms with Gasteiger partial charge in [-0.1, -0.05) is 26.3 Å². The van der Waals surface area contributed by atoms with Gasteiger partial charge in [0, 0.05) is 12.5 Å². The summed E-state index contributed by atoms with van der Waals surface area (Å²) in [5.74, 6) is 2.07. The van der Waals surface area contributed by atoms with Gasteiger partial charge in [0.05, 0.1) is 0 Å². The maximum atomic E-state index is 5.72. The number of aromatic nitrogens is 1. The fourth-order valence-electron chi connectivity index (χ4n) is 2.47. The zero-order valence-corrected chi connectivity index (χ0v) is 11.8. The number of rotatable bonds is 5. The van der Waals surface area contributed by atoms with Gasteiger partial charge in [-0.15, -0.1) is 0 Å². The minimum absolute atomic E-state index is 0.340. The maximum absolute atomic E-state index is 5.72. The predicted molar refractivity (Wildman–Crippen MR) is 77.1 cm³/mol. The summed E-state index contributed by atoms with van der Waals surface area (Å²) in [5.41, 5.74) is 3.16. The van der Waals surface area contributed by atoms with Crippen molar-refractivity contribution in [2.24, 2.45) is 5.92 Å². The van der Waals surface area contributed by atoms with Crippen LogP contribution in [0.1, 0.15) is 50.5 Å². The SMILES string of the molecule is CC(C)c1nc2cc(CNCC3CCC3)ccc2o1. The van der Waals surface area contributed by atoms with Gasteiger partial charge in [-0.05, 0) is 43.0 Å². The molecule has 1 N–H and O–H groups in total. The second-order valence-corrected chi connectivity index (χ2v) is 5.94. The molecule has 1 aliphatic carbocycles. The standard InChI is InChI=1S/C16H22N2O/c1-11(2)16-18-14-8-13(6-7-15(14)19-16)10-17-9-12-4-3-5-12/h6-8,11-12,17H,3-5,9-10H2,1-2H3. The fraction of sp³-hybridized carbons (Fsp3) is 0.562. The lowest BCUT2D eigenvalue weighted by Gasteiger charge is -2.25. The van der Waals surface area contributed by atoms with Crippen LogP contribution in [0.5, 0.6) is 0 Å². The van der Waals surface area contributed by atoms with Gasteiger partial charge in [-0.2, -0.15) is 0 Å². The monoisotopic (exact) mass is 258 g/mol. The molecule has 2 aromatic rings. The van der Waals surface area contributed by atoms with Crippen LogP contribution in [0.4, 0.5) is 0 Å². The normalized spacial score (nSPS) is 16.2. The molecule has 3 rings (SSSR count). The molecule has 0 amide bonds. The third-order valence-corrected chi connectivity index (χ3v) is 3.95. The van der Waals surface area contributed by atoms with Crippen LogP contribution in [0.2, 0.25) is 0 Å². The van der Waals surface area contributed by atoms with Crippen LogP contribution in [0.25, 0.3) is 11.1 Å². The Morgan fingerprint density at radius 1 is 1.37 bits per heavy atom. The first-order valence-corrected chi connectivity index (χ1v) is 7.32. The van der Waals surface area contributed by atoms with Gasteiger partial charge in [0.15, 0.2) is 11.5 Å². The highest BCUT2D eigenvalue weighted by atomic mass is 16.3. The van der Waals surface area contributed by atoms with Crippen molar-refractivity contribution in [3.05, 3.63) is 29.7 Å². The molecule has 102 valence electrons. The van der Waals surface area contributed by atoms with E-state index < -0.39 is 0 Å². The Hall–Kier alpha value is -1.35. The molecular formula is C16H22N2O. The molecule has 1 saturated carbocycles. The number of hydrogen-bond donors (Lipinski definition) is 1. The van der Waals surface area contributed by atoms with Crippen LogP contribution in [0.3, 0.4) is 0 Å². The van der Waals surface area contributed by atoms with Crippen molar-refractivity contribution in [1.29, 1.82) is 0 Å². The van der Waals surface area contributed by atoms with Crippen LogP contribution in [-0.4, -0.2) is 11.5 Å². The Bertz CT molecular complexity index is 555. The van der Waals surface area contributed by atoms with Crippen molar-refractivity contribution >= 4 is 11.1 Å². The van der Waals surface area contributed by atoms with Crippen molar-refractivity contribution < 1.29 is 4.42 Å². The molecule has 1 aliphatic rings. The molecule has 1 aromatic heterocycles. The second kappa shape index (κ2) is 5.33. The smallest absolute Gasteiger partial charge is 0.198 e. The zero-order valence-electron chi connectivity index (χ0n) is 11.8. The number of fused-ring (bicyclic) bond motifs is 1. The first-order chi connectivity index (χ1) is 9.22. The molecule has 0 atom stereocenters. The Morgan fingerprint density at radius 3 is 2.89 bits per heavy atom. The first-order valence-electron chi connectivity index (χ1n) is 7.32. The quantitative estimate of drug-likeness (QED) is 0.885. The van der Waals surface area contributed by atoms with Gasteiger partial charge in [0.25, 0.3) is 0 Å². The average molecular weight is 258 g/mol. The molecule has 1 heterocycles. The van der Waals surface area contributed by atoms with Gasteiger partial charge in [-0.25, -0.2) is 4.98 Å². The lowest BCUT2D eigenvalue weighted by Crippen LogP contribution is -2.26. The van der Waals surface area contributed by atoms with Gasteiger partial charge in [0.2, 0.25) is 0 Å².